The van der Waals surface area contributed by atoms with Crippen molar-refractivity contribution in [3.8, 4) is 0 Å². The van der Waals surface area contributed by atoms with E-state index in [-0.39, 0.29) is 0 Å². The van der Waals surface area contributed by atoms with Crippen LogP contribution < -0.4 is 16.8 Å². The zero-order valence-electron chi connectivity index (χ0n) is 11.4. The number of nitrogens with zero attached hydrogens (tertiary/aromatic N) is 1. The molecular formula is C14H22N4O. The summed E-state index contributed by atoms with van der Waals surface area (Å²) in [4.78, 5) is 13.4. The number of benzene rings is 1. The fourth-order valence-corrected chi connectivity index (χ4v) is 2.51. The lowest BCUT2D eigenvalue weighted by Gasteiger charge is -2.32. The molecule has 1 unspecified atom stereocenters. The number of carbonyl (C=O) groups is 1. The molecule has 5 nitrogen and oxygen atoms in total. The Kier molecular flexibility index (Phi) is 4.27. The van der Waals surface area contributed by atoms with E-state index in [0.717, 1.165) is 18.8 Å². The van der Waals surface area contributed by atoms with Crippen molar-refractivity contribution in [2.45, 2.75) is 25.3 Å². The summed E-state index contributed by atoms with van der Waals surface area (Å²) in [5, 5.41) is 3.36. The number of amides is 1. The van der Waals surface area contributed by atoms with Crippen molar-refractivity contribution in [3.05, 3.63) is 23.8 Å². The molecule has 1 aromatic rings. The summed E-state index contributed by atoms with van der Waals surface area (Å²) in [6, 6.07) is 5.68. The molecule has 19 heavy (non-hydrogen) atoms. The number of nitrogens with two attached hydrogens (primary N) is 2. The minimum Gasteiger partial charge on any atom is -0.397 e. The van der Waals surface area contributed by atoms with Crippen LogP contribution in [0.3, 0.4) is 0 Å². The summed E-state index contributed by atoms with van der Waals surface area (Å²) in [6.45, 7) is 2.03. The number of anilines is 2. The zero-order valence-corrected chi connectivity index (χ0v) is 11.4. The average Bonchev–Trinajstić information content (AvgIpc) is 2.39. The molecule has 0 bridgehead atoms. The van der Waals surface area contributed by atoms with Gasteiger partial charge in [-0.15, -0.1) is 0 Å². The summed E-state index contributed by atoms with van der Waals surface area (Å²) >= 11 is 0. The van der Waals surface area contributed by atoms with Gasteiger partial charge in [0.15, 0.2) is 0 Å². The van der Waals surface area contributed by atoms with Crippen LogP contribution in [0.5, 0.6) is 0 Å². The maximum absolute atomic E-state index is 11.1. The summed E-state index contributed by atoms with van der Waals surface area (Å²) in [5.74, 6) is -0.453. The monoisotopic (exact) mass is 262 g/mol. The highest BCUT2D eigenvalue weighted by Gasteiger charge is 2.18. The zero-order chi connectivity index (χ0) is 13.8. The Morgan fingerprint density at radius 3 is 2.89 bits per heavy atom. The molecule has 0 saturated carbocycles. The highest BCUT2D eigenvalue weighted by Crippen LogP contribution is 2.21. The van der Waals surface area contributed by atoms with Crippen LogP contribution in [0.2, 0.25) is 0 Å². The first kappa shape index (κ1) is 13.7. The molecule has 0 aromatic heterocycles. The number of piperidine rings is 1. The molecule has 2 rings (SSSR count). The molecule has 5 N–H and O–H groups in total. The van der Waals surface area contributed by atoms with Gasteiger partial charge in [0.2, 0.25) is 5.91 Å². The number of hydrogen-bond acceptors (Lipinski definition) is 4. The number of carbonyl (C=O) groups excluding carboxylic acids is 1. The van der Waals surface area contributed by atoms with Crippen LogP contribution in [0.25, 0.3) is 0 Å². The summed E-state index contributed by atoms with van der Waals surface area (Å²) in [7, 11) is 2.16. The molecule has 1 atom stereocenters. The van der Waals surface area contributed by atoms with E-state index in [1.54, 1.807) is 12.1 Å². The van der Waals surface area contributed by atoms with E-state index in [0.29, 0.717) is 17.3 Å². The van der Waals surface area contributed by atoms with E-state index in [1.807, 2.05) is 6.07 Å². The van der Waals surface area contributed by atoms with Crippen molar-refractivity contribution in [3.63, 3.8) is 0 Å². The molecule has 1 aliphatic rings. The first-order chi connectivity index (χ1) is 9.08. The van der Waals surface area contributed by atoms with Crippen LogP contribution in [0.1, 0.15) is 29.6 Å². The van der Waals surface area contributed by atoms with E-state index < -0.39 is 5.91 Å². The van der Waals surface area contributed by atoms with Gasteiger partial charge >= 0.3 is 0 Å². The number of primary amides is 1. The number of rotatable bonds is 4. The Labute approximate surface area is 113 Å². The lowest BCUT2D eigenvalue weighted by atomic mass is 10.0. The van der Waals surface area contributed by atoms with Crippen LogP contribution in [0.4, 0.5) is 11.4 Å². The topological polar surface area (TPSA) is 84.4 Å². The summed E-state index contributed by atoms with van der Waals surface area (Å²) in [6.07, 6.45) is 3.78. The number of likely N-dealkylation sites (N-methyl/N-ethyl adjacent to an activating group) is 1. The fourth-order valence-electron chi connectivity index (χ4n) is 2.51. The van der Waals surface area contributed by atoms with Crippen molar-refractivity contribution < 1.29 is 4.79 Å². The van der Waals surface area contributed by atoms with Crippen LogP contribution in [0, 0.1) is 0 Å². The third-order valence-electron chi connectivity index (χ3n) is 3.79. The van der Waals surface area contributed by atoms with Gasteiger partial charge in [-0.25, -0.2) is 0 Å². The number of nitrogen functional groups attached to an aromatic ring is 1. The smallest absolute Gasteiger partial charge is 0.248 e. The summed E-state index contributed by atoms with van der Waals surface area (Å²) in [5.41, 5.74) is 13.0. The molecule has 104 valence electrons. The van der Waals surface area contributed by atoms with Gasteiger partial charge in [0, 0.05) is 18.2 Å². The SMILES string of the molecule is CN1CCCCC1CNc1ccc(C(N)=O)cc1N. The van der Waals surface area contributed by atoms with Crippen LogP contribution in [-0.4, -0.2) is 37.0 Å². The van der Waals surface area contributed by atoms with Crippen molar-refractivity contribution in [2.24, 2.45) is 5.73 Å². The van der Waals surface area contributed by atoms with Crippen molar-refractivity contribution in [2.75, 3.05) is 31.2 Å². The van der Waals surface area contributed by atoms with Gasteiger partial charge < -0.3 is 21.7 Å². The lowest BCUT2D eigenvalue weighted by molar-refractivity contribution is 0.100. The Hall–Kier alpha value is -1.75. The maximum Gasteiger partial charge on any atom is 0.248 e. The third kappa shape index (κ3) is 3.38. The minimum absolute atomic E-state index is 0.442. The number of hydrogen-bond donors (Lipinski definition) is 3. The van der Waals surface area contributed by atoms with Crippen LogP contribution in [-0.2, 0) is 0 Å². The molecule has 0 spiro atoms. The quantitative estimate of drug-likeness (QED) is 0.713. The van der Waals surface area contributed by atoms with Crippen LogP contribution >= 0.6 is 0 Å². The maximum atomic E-state index is 11.1. The Morgan fingerprint density at radius 2 is 2.26 bits per heavy atom. The molecule has 1 fully saturated rings. The predicted molar refractivity (Wildman–Crippen MR) is 78.1 cm³/mol. The van der Waals surface area contributed by atoms with Crippen molar-refractivity contribution in [1.29, 1.82) is 0 Å². The Balaban J connectivity index is 1.97. The fraction of sp³-hybridized carbons (Fsp3) is 0.500. The molecule has 0 radical (unpaired) electrons. The Morgan fingerprint density at radius 1 is 1.47 bits per heavy atom. The van der Waals surface area contributed by atoms with Gasteiger partial charge in [0.05, 0.1) is 11.4 Å². The molecular weight excluding hydrogens is 240 g/mol. The van der Waals surface area contributed by atoms with E-state index in [9.17, 15) is 4.79 Å². The normalized spacial score (nSPS) is 20.2. The van der Waals surface area contributed by atoms with Gasteiger partial charge in [0.25, 0.3) is 0 Å². The minimum atomic E-state index is -0.453. The highest BCUT2D eigenvalue weighted by molar-refractivity contribution is 5.94. The Bertz CT molecular complexity index is 461. The molecule has 1 saturated heterocycles. The highest BCUT2D eigenvalue weighted by atomic mass is 16.1. The van der Waals surface area contributed by atoms with Gasteiger partial charge in [-0.05, 0) is 44.6 Å². The molecule has 5 heteroatoms. The second kappa shape index (κ2) is 5.93. The van der Waals surface area contributed by atoms with E-state index >= 15 is 0 Å². The van der Waals surface area contributed by atoms with E-state index in [2.05, 4.69) is 17.3 Å². The summed E-state index contributed by atoms with van der Waals surface area (Å²) < 4.78 is 0. The van der Waals surface area contributed by atoms with Gasteiger partial charge in [-0.1, -0.05) is 6.42 Å². The second-order valence-electron chi connectivity index (χ2n) is 5.18. The van der Waals surface area contributed by atoms with Gasteiger partial charge in [0.1, 0.15) is 0 Å². The van der Waals surface area contributed by atoms with E-state index in [4.69, 9.17) is 11.5 Å². The first-order valence-corrected chi connectivity index (χ1v) is 6.71. The molecule has 1 amide bonds. The molecule has 1 aliphatic heterocycles. The lowest BCUT2D eigenvalue weighted by Crippen LogP contribution is -2.40. The largest absolute Gasteiger partial charge is 0.397 e. The van der Waals surface area contributed by atoms with E-state index in [1.165, 1.54) is 19.3 Å². The van der Waals surface area contributed by atoms with Crippen LogP contribution in [0.15, 0.2) is 18.2 Å². The van der Waals surface area contributed by atoms with Crippen molar-refractivity contribution in [1.82, 2.24) is 4.90 Å². The van der Waals surface area contributed by atoms with Gasteiger partial charge in [-0.2, -0.15) is 0 Å². The number of nitrogens with one attached hydrogen (secondary N) is 1. The van der Waals surface area contributed by atoms with Gasteiger partial charge in [-0.3, -0.25) is 4.79 Å². The molecule has 1 heterocycles. The standard InChI is InChI=1S/C14H22N4O/c1-18-7-3-2-4-11(18)9-17-13-6-5-10(14(16)19)8-12(13)15/h5-6,8,11,17H,2-4,7,9,15H2,1H3,(H2,16,19). The second-order valence-corrected chi connectivity index (χ2v) is 5.18. The first-order valence-electron chi connectivity index (χ1n) is 6.71. The number of likely N-dealkylation sites (tertiary alicyclic amines) is 1. The molecule has 1 aromatic carbocycles. The average molecular weight is 262 g/mol. The third-order valence-corrected chi connectivity index (χ3v) is 3.79. The predicted octanol–water partition coefficient (Wildman–Crippen LogP) is 1.26. The molecule has 0 aliphatic carbocycles. The van der Waals surface area contributed by atoms with Crippen molar-refractivity contribution >= 4 is 17.3 Å².